The molecule has 1 saturated carbocycles. The predicted octanol–water partition coefficient (Wildman–Crippen LogP) is 11.0. The van der Waals surface area contributed by atoms with Gasteiger partial charge in [-0.05, 0) is 105 Å². The number of unbranched alkanes of at least 4 members (excludes halogenated alkanes) is 1. The number of methoxy groups -OCH3 is 1. The van der Waals surface area contributed by atoms with Gasteiger partial charge in [-0.3, -0.25) is 9.69 Å². The third kappa shape index (κ3) is 7.44. The van der Waals surface area contributed by atoms with Gasteiger partial charge in [-0.2, -0.15) is 0 Å². The van der Waals surface area contributed by atoms with Gasteiger partial charge in [0.2, 0.25) is 0 Å². The number of hydrogen-bond donors (Lipinski definition) is 1. The number of aliphatic hydroxyl groups excluding tert-OH is 1. The standard InChI is InChI=1S/C54H64N4O3/c1-9-12-33-55-38(7)56(37(6)34-61-8)54(60)52(53(55)59)49-41(29-31-45-43-23-13-19-39-21-15-25-47(50(39)43)57(45)35(4)17-10-2)27-28-42(49)30-32-46-44-24-14-20-40-22-16-26-48(51(40)44)58(46)36(5)18-11-3/h13-16,19-26,29-32,35-37,53,59H,7,9-12,17-18,27-28,33-34H2,1-6,8H3/b41-29+,42-30+,45-31+,46-32+,52-49?. The van der Waals surface area contributed by atoms with Gasteiger partial charge in [0, 0.05) is 69.0 Å². The van der Waals surface area contributed by atoms with Crippen LogP contribution < -0.4 is 10.7 Å². The molecule has 4 atom stereocenters. The Morgan fingerprint density at radius 2 is 1.21 bits per heavy atom. The number of aromatic nitrogens is 2. The van der Waals surface area contributed by atoms with E-state index in [2.05, 4.69) is 147 Å². The van der Waals surface area contributed by atoms with Crippen molar-refractivity contribution in [2.75, 3.05) is 20.3 Å². The monoisotopic (exact) mass is 816 g/mol. The lowest BCUT2D eigenvalue weighted by Crippen LogP contribution is -2.56. The Balaban J connectivity index is 1.40. The molecule has 1 amide bonds. The minimum Gasteiger partial charge on any atom is -0.383 e. The number of aliphatic hydroxyl groups is 1. The zero-order valence-electron chi connectivity index (χ0n) is 37.4. The van der Waals surface area contributed by atoms with E-state index in [0.29, 0.717) is 36.6 Å². The van der Waals surface area contributed by atoms with Crippen LogP contribution in [0.4, 0.5) is 0 Å². The quantitative estimate of drug-likeness (QED) is 0.111. The van der Waals surface area contributed by atoms with Crippen LogP contribution in [0, 0.1) is 0 Å². The van der Waals surface area contributed by atoms with E-state index >= 15 is 4.79 Å². The molecular formula is C54H64N4O3. The third-order valence-corrected chi connectivity index (χ3v) is 13.3. The van der Waals surface area contributed by atoms with Crippen LogP contribution in [0.25, 0.3) is 55.5 Å². The molecule has 1 saturated heterocycles. The fraction of sp³-hybridized carbons (Fsp3) is 0.389. The molecular weight excluding hydrogens is 753 g/mol. The van der Waals surface area contributed by atoms with Crippen LogP contribution >= 0.6 is 0 Å². The molecule has 2 aromatic heterocycles. The van der Waals surface area contributed by atoms with Crippen molar-refractivity contribution in [2.24, 2.45) is 0 Å². The lowest BCUT2D eigenvalue weighted by molar-refractivity contribution is -0.137. The molecule has 6 aromatic rings. The van der Waals surface area contributed by atoms with Gasteiger partial charge in [0.05, 0.1) is 18.2 Å². The minimum absolute atomic E-state index is 0.212. The molecule has 0 radical (unpaired) electrons. The van der Waals surface area contributed by atoms with E-state index in [0.717, 1.165) is 68.1 Å². The van der Waals surface area contributed by atoms with E-state index < -0.39 is 6.23 Å². The molecule has 3 heterocycles. The fourth-order valence-corrected chi connectivity index (χ4v) is 10.5. The maximum absolute atomic E-state index is 15.1. The lowest BCUT2D eigenvalue weighted by atomic mass is 9.93. The number of nitrogens with zero attached hydrogens (tertiary/aromatic N) is 4. The Morgan fingerprint density at radius 3 is 1.67 bits per heavy atom. The highest BCUT2D eigenvalue weighted by atomic mass is 16.5. The van der Waals surface area contributed by atoms with Crippen LogP contribution in [-0.4, -0.2) is 62.5 Å². The number of rotatable bonds is 14. The molecule has 2 fully saturated rings. The molecule has 4 aromatic carbocycles. The number of amides is 1. The Labute approximate surface area is 361 Å². The van der Waals surface area contributed by atoms with Gasteiger partial charge < -0.3 is 23.9 Å². The number of carbonyl (C=O) groups is 1. The van der Waals surface area contributed by atoms with E-state index in [4.69, 9.17) is 4.74 Å². The molecule has 0 spiro atoms. The Kier molecular flexibility index (Phi) is 12.4. The maximum Gasteiger partial charge on any atom is 0.260 e. The highest BCUT2D eigenvalue weighted by Gasteiger charge is 2.43. The summed E-state index contributed by atoms with van der Waals surface area (Å²) in [6, 6.07) is 26.8. The minimum atomic E-state index is -1.14. The Hall–Kier alpha value is -5.37. The van der Waals surface area contributed by atoms with E-state index in [1.165, 1.54) is 54.0 Å². The van der Waals surface area contributed by atoms with Crippen molar-refractivity contribution in [3.63, 3.8) is 0 Å². The first-order valence-corrected chi connectivity index (χ1v) is 22.8. The first-order valence-electron chi connectivity index (χ1n) is 22.8. The van der Waals surface area contributed by atoms with Crippen LogP contribution in [0.5, 0.6) is 0 Å². The molecule has 2 aliphatic rings. The van der Waals surface area contributed by atoms with Gasteiger partial charge in [0.25, 0.3) is 5.91 Å². The predicted molar refractivity (Wildman–Crippen MR) is 255 cm³/mol. The van der Waals surface area contributed by atoms with Crippen LogP contribution in [0.2, 0.25) is 0 Å². The highest BCUT2D eigenvalue weighted by molar-refractivity contribution is 6.11. The fourth-order valence-electron chi connectivity index (χ4n) is 10.5. The SMILES string of the molecule is C=C1N(CCCC)C(O)C(=C2/C(=C/C=c3\c4cccc5cccc(c54)n3C(C)CCC)CC/C2=C\C=c2/c3cccc4cccc(c43)n2C(C)CCC)C(=O)N1C(C)COC. The normalized spacial score (nSPS) is 20.1. The number of benzene rings is 4. The number of ether oxygens (including phenoxy) is 1. The maximum atomic E-state index is 15.1. The molecule has 318 valence electrons. The smallest absolute Gasteiger partial charge is 0.260 e. The average molecular weight is 817 g/mol. The zero-order valence-corrected chi connectivity index (χ0v) is 37.4. The van der Waals surface area contributed by atoms with Crippen molar-refractivity contribution in [1.29, 1.82) is 0 Å². The summed E-state index contributed by atoms with van der Waals surface area (Å²) >= 11 is 0. The average Bonchev–Trinajstić information content (AvgIpc) is 3.91. The van der Waals surface area contributed by atoms with E-state index in [1.807, 2.05) is 11.8 Å². The van der Waals surface area contributed by atoms with Gasteiger partial charge >= 0.3 is 0 Å². The third-order valence-electron chi connectivity index (χ3n) is 13.3. The largest absolute Gasteiger partial charge is 0.383 e. The highest BCUT2D eigenvalue weighted by Crippen LogP contribution is 2.43. The van der Waals surface area contributed by atoms with Gasteiger partial charge in [0.15, 0.2) is 6.23 Å². The number of carbonyl (C=O) groups excluding carboxylic acids is 1. The van der Waals surface area contributed by atoms with E-state index in [1.54, 1.807) is 12.0 Å². The molecule has 1 aliphatic heterocycles. The lowest BCUT2D eigenvalue weighted by Gasteiger charge is -2.46. The molecule has 4 unspecified atom stereocenters. The zero-order chi connectivity index (χ0) is 42.9. The molecule has 7 heteroatoms. The summed E-state index contributed by atoms with van der Waals surface area (Å²) in [6.07, 6.45) is 15.5. The molecule has 1 aliphatic carbocycles. The number of hydrogen-bond acceptors (Lipinski definition) is 4. The second-order valence-electron chi connectivity index (χ2n) is 17.5. The molecule has 61 heavy (non-hydrogen) atoms. The summed E-state index contributed by atoms with van der Waals surface area (Å²) < 4.78 is 10.6. The summed E-state index contributed by atoms with van der Waals surface area (Å²) in [4.78, 5) is 18.8. The van der Waals surface area contributed by atoms with E-state index in [9.17, 15) is 5.11 Å². The second kappa shape index (κ2) is 17.9. The first kappa shape index (κ1) is 42.3. The van der Waals surface area contributed by atoms with E-state index in [-0.39, 0.29) is 11.9 Å². The van der Waals surface area contributed by atoms with Crippen LogP contribution in [-0.2, 0) is 9.53 Å². The van der Waals surface area contributed by atoms with Crippen molar-refractivity contribution in [3.05, 3.63) is 130 Å². The summed E-state index contributed by atoms with van der Waals surface area (Å²) in [5, 5.41) is 22.3. The van der Waals surface area contributed by atoms with Crippen LogP contribution in [0.15, 0.2) is 120 Å². The summed E-state index contributed by atoms with van der Waals surface area (Å²) in [5.41, 5.74) is 5.87. The number of allylic oxidation sites excluding steroid dienone is 5. The van der Waals surface area contributed by atoms with Crippen molar-refractivity contribution in [2.45, 2.75) is 117 Å². The van der Waals surface area contributed by atoms with Gasteiger partial charge in [-0.1, -0.05) is 119 Å². The van der Waals surface area contributed by atoms with Crippen molar-refractivity contribution in [1.82, 2.24) is 18.9 Å². The first-order chi connectivity index (χ1) is 29.6. The van der Waals surface area contributed by atoms with Gasteiger partial charge in [-0.15, -0.1) is 0 Å². The second-order valence-corrected chi connectivity index (χ2v) is 17.5. The summed E-state index contributed by atoms with van der Waals surface area (Å²) in [7, 11) is 1.66. The van der Waals surface area contributed by atoms with Gasteiger partial charge in [0.1, 0.15) is 5.82 Å². The summed E-state index contributed by atoms with van der Waals surface area (Å²) in [6.45, 7) is 18.6. The Morgan fingerprint density at radius 1 is 0.721 bits per heavy atom. The topological polar surface area (TPSA) is 62.9 Å². The molecule has 7 nitrogen and oxygen atoms in total. The molecule has 0 bridgehead atoms. The molecule has 1 N–H and O–H groups in total. The Bertz CT molecular complexity index is 2650. The molecule has 8 rings (SSSR count). The van der Waals surface area contributed by atoms with Crippen LogP contribution in [0.3, 0.4) is 0 Å². The van der Waals surface area contributed by atoms with Crippen molar-refractivity contribution >= 4 is 61.4 Å². The van der Waals surface area contributed by atoms with Crippen LogP contribution in [0.1, 0.15) is 105 Å². The van der Waals surface area contributed by atoms with Crippen molar-refractivity contribution < 1.29 is 14.6 Å². The summed E-state index contributed by atoms with van der Waals surface area (Å²) in [5.74, 6) is 0.309. The van der Waals surface area contributed by atoms with Gasteiger partial charge in [-0.25, -0.2) is 0 Å². The van der Waals surface area contributed by atoms with Crippen molar-refractivity contribution in [3.8, 4) is 0 Å².